The number of aliphatic hydroxyl groups excluding tert-OH is 1. The lowest BCUT2D eigenvalue weighted by Crippen LogP contribution is -2.31. The van der Waals surface area contributed by atoms with Crippen molar-refractivity contribution in [1.29, 1.82) is 0 Å². The Balaban J connectivity index is 1.12. The maximum absolute atomic E-state index is 12.4. The number of carbonyl (C=O) groups is 2. The number of benzene rings is 4. The summed E-state index contributed by atoms with van der Waals surface area (Å²) in [7, 11) is 0. The van der Waals surface area contributed by atoms with Gasteiger partial charge < -0.3 is 19.9 Å². The van der Waals surface area contributed by atoms with Gasteiger partial charge >= 0.3 is 0 Å². The van der Waals surface area contributed by atoms with E-state index in [9.17, 15) is 14.7 Å². The number of fused-ring (bicyclic) bond motifs is 1. The van der Waals surface area contributed by atoms with Crippen molar-refractivity contribution in [3.8, 4) is 11.1 Å². The van der Waals surface area contributed by atoms with E-state index in [1.807, 2.05) is 66.7 Å². The first kappa shape index (κ1) is 35.7. The van der Waals surface area contributed by atoms with Crippen molar-refractivity contribution < 1.29 is 29.4 Å². The van der Waals surface area contributed by atoms with E-state index in [4.69, 9.17) is 19.7 Å². The van der Waals surface area contributed by atoms with Crippen molar-refractivity contribution in [2.24, 2.45) is 0 Å². The van der Waals surface area contributed by atoms with Gasteiger partial charge in [0, 0.05) is 37.1 Å². The van der Waals surface area contributed by atoms with E-state index >= 15 is 0 Å². The minimum atomic E-state index is -0.576. The Morgan fingerprint density at radius 1 is 0.820 bits per heavy atom. The molecule has 11 heteroatoms. The number of carbonyl (C=O) groups excluding carboxylic acids is 2. The van der Waals surface area contributed by atoms with Crippen LogP contribution in [0, 0.1) is 0 Å². The Morgan fingerprint density at radius 3 is 2.36 bits per heavy atom. The van der Waals surface area contributed by atoms with Crippen LogP contribution in [0.1, 0.15) is 73.2 Å². The van der Waals surface area contributed by atoms with Crippen LogP contribution in [0.3, 0.4) is 0 Å². The van der Waals surface area contributed by atoms with Crippen molar-refractivity contribution in [1.82, 2.24) is 15.8 Å². The molecule has 1 aliphatic rings. The van der Waals surface area contributed by atoms with Gasteiger partial charge in [-0.2, -0.15) is 0 Å². The Morgan fingerprint density at radius 2 is 1.58 bits per heavy atom. The third-order valence-corrected chi connectivity index (χ3v) is 10.9. The number of hydrogen-bond acceptors (Lipinski definition) is 9. The first-order valence-corrected chi connectivity index (χ1v) is 18.7. The zero-order valence-electron chi connectivity index (χ0n) is 27.6. The van der Waals surface area contributed by atoms with Gasteiger partial charge in [0.05, 0.1) is 29.0 Å². The Bertz CT molecular complexity index is 1850. The van der Waals surface area contributed by atoms with E-state index in [0.717, 1.165) is 55.4 Å². The summed E-state index contributed by atoms with van der Waals surface area (Å²) in [6, 6.07) is 32.4. The molecule has 2 amide bonds. The SMILES string of the molecule is O=C(CCCCCC(=O)NCc1cccc(-c2cccc(C3OC(CSc4nc5ccccc5s4)CC(c4ccc(CO)cc4)O3)c2)c1)NO. The molecule has 0 saturated carbocycles. The molecule has 5 aromatic rings. The molecule has 1 aliphatic heterocycles. The number of thioether (sulfide) groups is 1. The number of amides is 2. The summed E-state index contributed by atoms with van der Waals surface area (Å²) >= 11 is 3.41. The molecule has 0 bridgehead atoms. The third kappa shape index (κ3) is 9.78. The number of hydrogen-bond donors (Lipinski definition) is 4. The van der Waals surface area contributed by atoms with E-state index in [1.165, 1.54) is 4.70 Å². The van der Waals surface area contributed by atoms with Crippen LogP contribution in [0.25, 0.3) is 21.3 Å². The van der Waals surface area contributed by atoms with Crippen LogP contribution in [0.5, 0.6) is 0 Å². The number of rotatable bonds is 15. The molecule has 0 radical (unpaired) electrons. The van der Waals surface area contributed by atoms with Gasteiger partial charge in [-0.25, -0.2) is 10.5 Å². The first-order chi connectivity index (χ1) is 24.5. The second kappa shape index (κ2) is 17.7. The zero-order valence-corrected chi connectivity index (χ0v) is 29.3. The fourth-order valence-electron chi connectivity index (χ4n) is 5.92. The zero-order chi connectivity index (χ0) is 34.7. The average Bonchev–Trinajstić information content (AvgIpc) is 3.59. The Hall–Kier alpha value is -4.10. The van der Waals surface area contributed by atoms with Crippen LogP contribution >= 0.6 is 23.1 Å². The fourth-order valence-corrected chi connectivity index (χ4v) is 8.03. The summed E-state index contributed by atoms with van der Waals surface area (Å²) in [6.45, 7) is 0.410. The topological polar surface area (TPSA) is 130 Å². The lowest BCUT2D eigenvalue weighted by atomic mass is 9.99. The molecular formula is C39H41N3O6S2. The van der Waals surface area contributed by atoms with E-state index in [1.54, 1.807) is 28.6 Å². The second-order valence-corrected chi connectivity index (χ2v) is 14.6. The number of nitrogens with one attached hydrogen (secondary N) is 2. The average molecular weight is 712 g/mol. The number of nitrogens with zero attached hydrogens (tertiary/aromatic N) is 1. The molecular weight excluding hydrogens is 671 g/mol. The number of ether oxygens (including phenoxy) is 2. The molecule has 0 aliphatic carbocycles. The molecule has 4 N–H and O–H groups in total. The molecule has 1 saturated heterocycles. The van der Waals surface area contributed by atoms with Gasteiger partial charge in [0.25, 0.3) is 0 Å². The molecule has 6 rings (SSSR count). The highest BCUT2D eigenvalue weighted by Gasteiger charge is 2.32. The van der Waals surface area contributed by atoms with Gasteiger partial charge in [0.15, 0.2) is 10.6 Å². The van der Waals surface area contributed by atoms with Crippen LogP contribution in [0.4, 0.5) is 0 Å². The molecule has 0 spiro atoms. The fraction of sp³-hybridized carbons (Fsp3) is 0.308. The number of hydroxylamine groups is 1. The lowest BCUT2D eigenvalue weighted by Gasteiger charge is -2.36. The molecule has 1 aromatic heterocycles. The van der Waals surface area contributed by atoms with Crippen LogP contribution in [0.2, 0.25) is 0 Å². The van der Waals surface area contributed by atoms with Crippen LogP contribution in [-0.4, -0.2) is 39.0 Å². The summed E-state index contributed by atoms with van der Waals surface area (Å²) in [4.78, 5) is 28.4. The Kier molecular flexibility index (Phi) is 12.7. The van der Waals surface area contributed by atoms with Crippen molar-refractivity contribution in [3.63, 3.8) is 0 Å². The minimum absolute atomic E-state index is 0.00557. The van der Waals surface area contributed by atoms with Crippen molar-refractivity contribution in [3.05, 3.63) is 119 Å². The van der Waals surface area contributed by atoms with Gasteiger partial charge in [-0.1, -0.05) is 91.0 Å². The molecule has 260 valence electrons. The van der Waals surface area contributed by atoms with Gasteiger partial charge in [0.2, 0.25) is 11.8 Å². The molecule has 1 fully saturated rings. The number of thiazole rings is 1. The second-order valence-electron chi connectivity index (χ2n) is 12.3. The summed E-state index contributed by atoms with van der Waals surface area (Å²) in [6.07, 6.45) is 2.53. The molecule has 3 atom stereocenters. The quantitative estimate of drug-likeness (QED) is 0.0374. The normalized spacial score (nSPS) is 17.4. The van der Waals surface area contributed by atoms with Crippen molar-refractivity contribution in [2.75, 3.05) is 5.75 Å². The molecule has 4 aromatic carbocycles. The van der Waals surface area contributed by atoms with Crippen LogP contribution in [-0.2, 0) is 32.2 Å². The molecule has 3 unspecified atom stereocenters. The predicted octanol–water partition coefficient (Wildman–Crippen LogP) is 7.87. The Labute approximate surface area is 300 Å². The van der Waals surface area contributed by atoms with Crippen LogP contribution in [0.15, 0.2) is 101 Å². The van der Waals surface area contributed by atoms with Gasteiger partial charge in [0.1, 0.15) is 0 Å². The van der Waals surface area contributed by atoms with Gasteiger partial charge in [-0.15, -0.1) is 11.3 Å². The molecule has 50 heavy (non-hydrogen) atoms. The van der Waals surface area contributed by atoms with E-state index in [2.05, 4.69) is 35.6 Å². The summed E-state index contributed by atoms with van der Waals surface area (Å²) in [5.41, 5.74) is 8.49. The minimum Gasteiger partial charge on any atom is -0.392 e. The van der Waals surface area contributed by atoms with Crippen molar-refractivity contribution >= 4 is 45.1 Å². The third-order valence-electron chi connectivity index (χ3n) is 8.62. The summed E-state index contributed by atoms with van der Waals surface area (Å²) in [5.74, 6) is 0.291. The summed E-state index contributed by atoms with van der Waals surface area (Å²) in [5, 5.41) is 21.1. The number of aliphatic hydroxyl groups is 1. The highest BCUT2D eigenvalue weighted by atomic mass is 32.2. The van der Waals surface area contributed by atoms with Crippen molar-refractivity contribution in [2.45, 2.75) is 74.5 Å². The van der Waals surface area contributed by atoms with Gasteiger partial charge in [-0.05, 0) is 64.9 Å². The molecule has 2 heterocycles. The van der Waals surface area contributed by atoms with Gasteiger partial charge in [-0.3, -0.25) is 14.8 Å². The number of aromatic nitrogens is 1. The molecule has 9 nitrogen and oxygen atoms in total. The number of para-hydroxylation sites is 1. The first-order valence-electron chi connectivity index (χ1n) is 16.9. The highest BCUT2D eigenvalue weighted by molar-refractivity contribution is 8.01. The smallest absolute Gasteiger partial charge is 0.243 e. The highest BCUT2D eigenvalue weighted by Crippen LogP contribution is 2.41. The monoisotopic (exact) mass is 711 g/mol. The maximum atomic E-state index is 12.4. The van der Waals surface area contributed by atoms with E-state index in [0.29, 0.717) is 32.2 Å². The predicted molar refractivity (Wildman–Crippen MR) is 196 cm³/mol. The van der Waals surface area contributed by atoms with E-state index < -0.39 is 12.2 Å². The van der Waals surface area contributed by atoms with E-state index in [-0.39, 0.29) is 31.1 Å². The standard InChI is InChI=1S/C39H41N3O6S2/c43-24-26-16-18-28(19-17-26)34-22-32(25-49-39-41-33-12-4-5-13-35(33)50-39)47-38(48-34)31-11-7-10-30(21-31)29-9-6-8-27(20-29)23-40-36(44)14-2-1-3-15-37(45)42-46/h4-13,16-21,32,34,38,43,46H,1-3,14-15,22-25H2,(H,40,44)(H,42,45). The lowest BCUT2D eigenvalue weighted by molar-refractivity contribution is -0.245. The largest absolute Gasteiger partial charge is 0.392 e. The number of unbranched alkanes of at least 4 members (excludes halogenated alkanes) is 2. The maximum Gasteiger partial charge on any atom is 0.243 e. The summed E-state index contributed by atoms with van der Waals surface area (Å²) < 4.78 is 15.4. The van der Waals surface area contributed by atoms with Crippen LogP contribution < -0.4 is 10.8 Å².